The first-order chi connectivity index (χ1) is 16.8. The summed E-state index contributed by atoms with van der Waals surface area (Å²) in [7, 11) is 0. The van der Waals surface area contributed by atoms with Gasteiger partial charge in [0, 0.05) is 32.7 Å². The zero-order valence-electron chi connectivity index (χ0n) is 20.8. The standard InChI is InChI=1S/C27H36F2N4O2/c1-4-13-30-26(34)24(18-19(2)3)31-27(35)33-16-14-32(15-17-33)25(20-5-9-22(28)10-6-20)21-7-11-23(29)12-8-21/h5-12,19,24-25H,4,13-18H2,1-3H3,(H,30,34)(H,31,35). The summed E-state index contributed by atoms with van der Waals surface area (Å²) in [4.78, 5) is 29.5. The van der Waals surface area contributed by atoms with Crippen molar-refractivity contribution in [3.8, 4) is 0 Å². The molecule has 2 N–H and O–H groups in total. The topological polar surface area (TPSA) is 64.7 Å². The van der Waals surface area contributed by atoms with E-state index in [1.54, 1.807) is 29.2 Å². The Kier molecular flexibility index (Phi) is 9.60. The number of nitrogens with zero attached hydrogens (tertiary/aromatic N) is 2. The van der Waals surface area contributed by atoms with Gasteiger partial charge in [-0.05, 0) is 54.2 Å². The number of hydrogen-bond donors (Lipinski definition) is 2. The van der Waals surface area contributed by atoms with Gasteiger partial charge in [0.15, 0.2) is 0 Å². The van der Waals surface area contributed by atoms with Crippen molar-refractivity contribution in [1.82, 2.24) is 20.4 Å². The molecule has 0 spiro atoms. The number of benzene rings is 2. The zero-order valence-corrected chi connectivity index (χ0v) is 20.8. The predicted molar refractivity (Wildman–Crippen MR) is 133 cm³/mol. The van der Waals surface area contributed by atoms with Crippen molar-refractivity contribution in [2.75, 3.05) is 32.7 Å². The maximum Gasteiger partial charge on any atom is 0.318 e. The molecule has 0 aromatic heterocycles. The third-order valence-corrected chi connectivity index (χ3v) is 6.21. The highest BCUT2D eigenvalue weighted by Gasteiger charge is 2.30. The number of nitrogens with one attached hydrogen (secondary N) is 2. The van der Waals surface area contributed by atoms with E-state index < -0.39 is 6.04 Å². The summed E-state index contributed by atoms with van der Waals surface area (Å²) in [5.41, 5.74) is 1.81. The van der Waals surface area contributed by atoms with Gasteiger partial charge in [0.05, 0.1) is 6.04 Å². The number of carbonyl (C=O) groups is 2. The second kappa shape index (κ2) is 12.6. The van der Waals surface area contributed by atoms with Crippen LogP contribution >= 0.6 is 0 Å². The van der Waals surface area contributed by atoms with Crippen molar-refractivity contribution >= 4 is 11.9 Å². The number of hydrogen-bond acceptors (Lipinski definition) is 3. The third-order valence-electron chi connectivity index (χ3n) is 6.21. The molecule has 1 heterocycles. The van der Waals surface area contributed by atoms with Crippen LogP contribution in [0.25, 0.3) is 0 Å². The van der Waals surface area contributed by atoms with E-state index >= 15 is 0 Å². The highest BCUT2D eigenvalue weighted by molar-refractivity contribution is 5.87. The summed E-state index contributed by atoms with van der Waals surface area (Å²) in [6.45, 7) is 8.75. The van der Waals surface area contributed by atoms with E-state index in [4.69, 9.17) is 0 Å². The van der Waals surface area contributed by atoms with E-state index in [0.29, 0.717) is 39.1 Å². The minimum Gasteiger partial charge on any atom is -0.354 e. The van der Waals surface area contributed by atoms with Gasteiger partial charge in [0.2, 0.25) is 5.91 Å². The number of rotatable bonds is 9. The molecule has 0 bridgehead atoms. The Labute approximate surface area is 206 Å². The fourth-order valence-electron chi connectivity index (χ4n) is 4.40. The van der Waals surface area contributed by atoms with Crippen molar-refractivity contribution in [3.63, 3.8) is 0 Å². The fraction of sp³-hybridized carbons (Fsp3) is 0.481. The molecule has 0 aliphatic carbocycles. The van der Waals surface area contributed by atoms with E-state index in [2.05, 4.69) is 15.5 Å². The van der Waals surface area contributed by atoms with Crippen LogP contribution in [-0.2, 0) is 4.79 Å². The lowest BCUT2D eigenvalue weighted by Crippen LogP contribution is -2.56. The van der Waals surface area contributed by atoms with E-state index in [9.17, 15) is 18.4 Å². The number of halogens is 2. The van der Waals surface area contributed by atoms with Crippen molar-refractivity contribution in [2.45, 2.75) is 45.7 Å². The summed E-state index contributed by atoms with van der Waals surface area (Å²) < 4.78 is 27.1. The number of amides is 3. The molecule has 1 aliphatic rings. The lowest BCUT2D eigenvalue weighted by atomic mass is 9.96. The van der Waals surface area contributed by atoms with Crippen molar-refractivity contribution < 1.29 is 18.4 Å². The summed E-state index contributed by atoms with van der Waals surface area (Å²) in [5, 5.41) is 5.80. The Hall–Kier alpha value is -3.00. The molecule has 3 rings (SSSR count). The summed E-state index contributed by atoms with van der Waals surface area (Å²) >= 11 is 0. The van der Waals surface area contributed by atoms with Gasteiger partial charge in [-0.15, -0.1) is 0 Å². The Morgan fingerprint density at radius 3 is 1.86 bits per heavy atom. The van der Waals surface area contributed by atoms with Gasteiger partial charge in [-0.2, -0.15) is 0 Å². The lowest BCUT2D eigenvalue weighted by Gasteiger charge is -2.40. The average molecular weight is 487 g/mol. The maximum absolute atomic E-state index is 13.6. The van der Waals surface area contributed by atoms with Crippen LogP contribution in [0, 0.1) is 17.6 Å². The van der Waals surface area contributed by atoms with Crippen molar-refractivity contribution in [1.29, 1.82) is 0 Å². The molecule has 0 saturated carbocycles. The lowest BCUT2D eigenvalue weighted by molar-refractivity contribution is -0.123. The molecule has 2 aromatic carbocycles. The Morgan fingerprint density at radius 2 is 1.40 bits per heavy atom. The molecular formula is C27H36F2N4O2. The molecular weight excluding hydrogens is 450 g/mol. The summed E-state index contributed by atoms with van der Waals surface area (Å²) in [6, 6.07) is 11.7. The van der Waals surface area contributed by atoms with Crippen LogP contribution in [0.3, 0.4) is 0 Å². The van der Waals surface area contributed by atoms with Gasteiger partial charge in [0.25, 0.3) is 0 Å². The maximum atomic E-state index is 13.6. The van der Waals surface area contributed by atoms with Crippen molar-refractivity contribution in [2.24, 2.45) is 5.92 Å². The Morgan fingerprint density at radius 1 is 0.886 bits per heavy atom. The first kappa shape index (κ1) is 26.6. The molecule has 2 aromatic rings. The normalized spacial score (nSPS) is 15.3. The molecule has 1 fully saturated rings. The van der Waals surface area contributed by atoms with Crippen LogP contribution in [0.15, 0.2) is 48.5 Å². The predicted octanol–water partition coefficient (Wildman–Crippen LogP) is 4.32. The van der Waals surface area contributed by atoms with Gasteiger partial charge in [-0.1, -0.05) is 45.0 Å². The van der Waals surface area contributed by atoms with E-state index in [0.717, 1.165) is 17.5 Å². The first-order valence-corrected chi connectivity index (χ1v) is 12.4. The SMILES string of the molecule is CCCNC(=O)C(CC(C)C)NC(=O)N1CCN(C(c2ccc(F)cc2)c2ccc(F)cc2)CC1. The first-order valence-electron chi connectivity index (χ1n) is 12.4. The smallest absolute Gasteiger partial charge is 0.318 e. The molecule has 1 aliphatic heterocycles. The molecule has 8 heteroatoms. The monoisotopic (exact) mass is 486 g/mol. The van der Waals surface area contributed by atoms with Gasteiger partial charge in [-0.3, -0.25) is 9.69 Å². The minimum absolute atomic E-state index is 0.153. The van der Waals surface area contributed by atoms with Gasteiger partial charge in [-0.25, -0.2) is 13.6 Å². The summed E-state index contributed by atoms with van der Waals surface area (Å²) in [5.74, 6) is -0.518. The Balaban J connectivity index is 1.68. The molecule has 35 heavy (non-hydrogen) atoms. The highest BCUT2D eigenvalue weighted by atomic mass is 19.1. The fourth-order valence-corrected chi connectivity index (χ4v) is 4.40. The number of urea groups is 1. The second-order valence-corrected chi connectivity index (χ2v) is 9.45. The van der Waals surface area contributed by atoms with Crippen LogP contribution in [0.4, 0.5) is 13.6 Å². The van der Waals surface area contributed by atoms with Crippen LogP contribution in [-0.4, -0.2) is 60.5 Å². The summed E-state index contributed by atoms with van der Waals surface area (Å²) in [6.07, 6.45) is 1.40. The van der Waals surface area contributed by atoms with Crippen molar-refractivity contribution in [3.05, 3.63) is 71.3 Å². The average Bonchev–Trinajstić information content (AvgIpc) is 2.84. The highest BCUT2D eigenvalue weighted by Crippen LogP contribution is 2.30. The molecule has 1 unspecified atom stereocenters. The zero-order chi connectivity index (χ0) is 25.4. The van der Waals surface area contributed by atoms with Crippen LogP contribution in [0.5, 0.6) is 0 Å². The van der Waals surface area contributed by atoms with Crippen LogP contribution in [0.1, 0.15) is 50.8 Å². The third kappa shape index (κ3) is 7.49. The molecule has 3 amide bonds. The van der Waals surface area contributed by atoms with Crippen LogP contribution in [0.2, 0.25) is 0 Å². The molecule has 6 nitrogen and oxygen atoms in total. The number of piperazine rings is 1. The minimum atomic E-state index is -0.571. The van der Waals surface area contributed by atoms with Crippen LogP contribution < -0.4 is 10.6 Å². The van der Waals surface area contributed by atoms with Gasteiger partial charge < -0.3 is 15.5 Å². The number of carbonyl (C=O) groups excluding carboxylic acids is 2. The molecule has 190 valence electrons. The largest absolute Gasteiger partial charge is 0.354 e. The van der Waals surface area contributed by atoms with E-state index in [-0.39, 0.29) is 35.5 Å². The molecule has 1 atom stereocenters. The Bertz CT molecular complexity index is 913. The van der Waals surface area contributed by atoms with Gasteiger partial charge in [0.1, 0.15) is 17.7 Å². The quantitative estimate of drug-likeness (QED) is 0.555. The van der Waals surface area contributed by atoms with Gasteiger partial charge >= 0.3 is 6.03 Å². The molecule has 1 saturated heterocycles. The molecule has 0 radical (unpaired) electrons. The van der Waals surface area contributed by atoms with E-state index in [1.807, 2.05) is 20.8 Å². The van der Waals surface area contributed by atoms with E-state index in [1.165, 1.54) is 24.3 Å². The second-order valence-electron chi connectivity index (χ2n) is 9.45.